The van der Waals surface area contributed by atoms with Crippen LogP contribution in [0.1, 0.15) is 19.4 Å². The molecule has 0 aromatic heterocycles. The van der Waals surface area contributed by atoms with Crippen LogP contribution in [0.15, 0.2) is 18.2 Å². The molecule has 1 fully saturated rings. The minimum Gasteiger partial charge on any atom is -0.385 e. The fourth-order valence-corrected chi connectivity index (χ4v) is 2.46. The SMILES string of the molecule is CCNc1ccc([N+](=O)[O-])cc1CN1CCOC(C)C1. The molecule has 1 aliphatic heterocycles. The van der Waals surface area contributed by atoms with E-state index in [0.29, 0.717) is 13.2 Å². The van der Waals surface area contributed by atoms with Gasteiger partial charge in [0.1, 0.15) is 0 Å². The molecule has 0 spiro atoms. The zero-order chi connectivity index (χ0) is 14.5. The first-order valence-electron chi connectivity index (χ1n) is 6.95. The Balaban J connectivity index is 2.18. The van der Waals surface area contributed by atoms with E-state index < -0.39 is 0 Å². The normalized spacial score (nSPS) is 19.8. The molecule has 1 saturated heterocycles. The molecule has 6 nitrogen and oxygen atoms in total. The summed E-state index contributed by atoms with van der Waals surface area (Å²) in [6.45, 7) is 7.99. The predicted octanol–water partition coefficient (Wildman–Crippen LogP) is 2.25. The standard InChI is InChI=1S/C14H21N3O3/c1-3-15-14-5-4-13(17(18)19)8-12(14)10-16-6-7-20-11(2)9-16/h4-5,8,11,15H,3,6-7,9-10H2,1-2H3. The minimum atomic E-state index is -0.346. The third-order valence-electron chi connectivity index (χ3n) is 3.39. The van der Waals surface area contributed by atoms with Crippen LogP contribution in [0.5, 0.6) is 0 Å². The van der Waals surface area contributed by atoms with Gasteiger partial charge in [0, 0.05) is 44.0 Å². The first kappa shape index (κ1) is 14.7. The van der Waals surface area contributed by atoms with E-state index in [1.165, 1.54) is 0 Å². The molecule has 1 atom stereocenters. The number of benzene rings is 1. The second-order valence-corrected chi connectivity index (χ2v) is 5.05. The average Bonchev–Trinajstić information content (AvgIpc) is 2.41. The number of non-ortho nitro benzene ring substituents is 1. The number of nitro groups is 1. The van der Waals surface area contributed by atoms with Crippen LogP contribution < -0.4 is 5.32 Å². The van der Waals surface area contributed by atoms with Gasteiger partial charge in [-0.15, -0.1) is 0 Å². The molecule has 0 radical (unpaired) electrons. The van der Waals surface area contributed by atoms with Crippen molar-refractivity contribution in [3.05, 3.63) is 33.9 Å². The van der Waals surface area contributed by atoms with Gasteiger partial charge >= 0.3 is 0 Å². The van der Waals surface area contributed by atoms with E-state index in [9.17, 15) is 10.1 Å². The minimum absolute atomic E-state index is 0.142. The molecule has 0 aliphatic carbocycles. The molecule has 1 unspecified atom stereocenters. The molecule has 2 rings (SSSR count). The number of ether oxygens (including phenoxy) is 1. The van der Waals surface area contributed by atoms with E-state index >= 15 is 0 Å². The van der Waals surface area contributed by atoms with Crippen molar-refractivity contribution in [1.29, 1.82) is 0 Å². The Morgan fingerprint density at radius 1 is 1.55 bits per heavy atom. The van der Waals surface area contributed by atoms with E-state index in [4.69, 9.17) is 4.74 Å². The van der Waals surface area contributed by atoms with E-state index in [1.807, 2.05) is 13.8 Å². The highest BCUT2D eigenvalue weighted by Crippen LogP contribution is 2.24. The number of hydrogen-bond donors (Lipinski definition) is 1. The van der Waals surface area contributed by atoms with Crippen LogP contribution >= 0.6 is 0 Å². The van der Waals surface area contributed by atoms with Crippen LogP contribution in [0.4, 0.5) is 11.4 Å². The number of rotatable bonds is 5. The molecule has 0 saturated carbocycles. The summed E-state index contributed by atoms with van der Waals surface area (Å²) in [5, 5.41) is 14.2. The number of nitrogens with one attached hydrogen (secondary N) is 1. The number of nitro benzene ring substituents is 1. The van der Waals surface area contributed by atoms with Crippen molar-refractivity contribution in [1.82, 2.24) is 4.90 Å². The van der Waals surface area contributed by atoms with Gasteiger partial charge in [0.05, 0.1) is 17.6 Å². The maximum Gasteiger partial charge on any atom is 0.269 e. The molecule has 1 N–H and O–H groups in total. The number of anilines is 1. The Hall–Kier alpha value is -1.66. The monoisotopic (exact) mass is 279 g/mol. The average molecular weight is 279 g/mol. The summed E-state index contributed by atoms with van der Waals surface area (Å²) in [6, 6.07) is 5.00. The second-order valence-electron chi connectivity index (χ2n) is 5.05. The number of nitrogens with zero attached hydrogens (tertiary/aromatic N) is 2. The first-order valence-corrected chi connectivity index (χ1v) is 6.95. The smallest absolute Gasteiger partial charge is 0.269 e. The largest absolute Gasteiger partial charge is 0.385 e. The van der Waals surface area contributed by atoms with Gasteiger partial charge in [0.25, 0.3) is 5.69 Å². The van der Waals surface area contributed by atoms with Crippen LogP contribution in [0, 0.1) is 10.1 Å². The van der Waals surface area contributed by atoms with Crippen molar-refractivity contribution in [2.24, 2.45) is 0 Å². The van der Waals surface area contributed by atoms with Crippen molar-refractivity contribution in [3.63, 3.8) is 0 Å². The van der Waals surface area contributed by atoms with Crippen molar-refractivity contribution < 1.29 is 9.66 Å². The van der Waals surface area contributed by atoms with Gasteiger partial charge in [-0.25, -0.2) is 0 Å². The summed E-state index contributed by atoms with van der Waals surface area (Å²) in [4.78, 5) is 12.8. The van der Waals surface area contributed by atoms with Crippen LogP contribution in [0.25, 0.3) is 0 Å². The molecular formula is C14H21N3O3. The van der Waals surface area contributed by atoms with Crippen molar-refractivity contribution in [3.8, 4) is 0 Å². The van der Waals surface area contributed by atoms with Gasteiger partial charge in [0.15, 0.2) is 0 Å². The highest BCUT2D eigenvalue weighted by molar-refractivity contribution is 5.56. The zero-order valence-corrected chi connectivity index (χ0v) is 12.0. The lowest BCUT2D eigenvalue weighted by molar-refractivity contribution is -0.384. The summed E-state index contributed by atoms with van der Waals surface area (Å²) in [5.74, 6) is 0. The predicted molar refractivity (Wildman–Crippen MR) is 78.0 cm³/mol. The van der Waals surface area contributed by atoms with Crippen LogP contribution in [0.2, 0.25) is 0 Å². The summed E-state index contributed by atoms with van der Waals surface area (Å²) < 4.78 is 5.52. The van der Waals surface area contributed by atoms with E-state index in [1.54, 1.807) is 18.2 Å². The molecule has 20 heavy (non-hydrogen) atoms. The molecule has 0 amide bonds. The molecule has 1 heterocycles. The molecular weight excluding hydrogens is 258 g/mol. The fraction of sp³-hybridized carbons (Fsp3) is 0.571. The Bertz CT molecular complexity index is 479. The molecule has 1 aromatic rings. The lowest BCUT2D eigenvalue weighted by Gasteiger charge is -2.31. The number of hydrogen-bond acceptors (Lipinski definition) is 5. The Kier molecular flexibility index (Phi) is 4.92. The third kappa shape index (κ3) is 3.68. The summed E-state index contributed by atoms with van der Waals surface area (Å²) in [5.41, 5.74) is 2.08. The van der Waals surface area contributed by atoms with E-state index in [0.717, 1.165) is 30.9 Å². The van der Waals surface area contributed by atoms with Gasteiger partial charge in [-0.1, -0.05) is 0 Å². The molecule has 1 aliphatic rings. The van der Waals surface area contributed by atoms with Crippen molar-refractivity contribution in [2.45, 2.75) is 26.5 Å². The molecule has 6 heteroatoms. The van der Waals surface area contributed by atoms with Gasteiger partial charge in [0.2, 0.25) is 0 Å². The van der Waals surface area contributed by atoms with Crippen molar-refractivity contribution >= 4 is 11.4 Å². The topological polar surface area (TPSA) is 67.6 Å². The summed E-state index contributed by atoms with van der Waals surface area (Å²) in [6.07, 6.45) is 0.213. The third-order valence-corrected chi connectivity index (χ3v) is 3.39. The Labute approximate surface area is 118 Å². The maximum absolute atomic E-state index is 10.9. The zero-order valence-electron chi connectivity index (χ0n) is 12.0. The number of morpholine rings is 1. The van der Waals surface area contributed by atoms with Crippen molar-refractivity contribution in [2.75, 3.05) is 31.6 Å². The van der Waals surface area contributed by atoms with Gasteiger partial charge in [-0.2, -0.15) is 0 Å². The lowest BCUT2D eigenvalue weighted by atomic mass is 10.1. The van der Waals surface area contributed by atoms with E-state index in [2.05, 4.69) is 10.2 Å². The highest BCUT2D eigenvalue weighted by atomic mass is 16.6. The molecule has 1 aromatic carbocycles. The van der Waals surface area contributed by atoms with Gasteiger partial charge < -0.3 is 10.1 Å². The quantitative estimate of drug-likeness (QED) is 0.661. The first-order chi connectivity index (χ1) is 9.60. The van der Waals surface area contributed by atoms with Gasteiger partial charge in [-0.3, -0.25) is 15.0 Å². The van der Waals surface area contributed by atoms with E-state index in [-0.39, 0.29) is 16.7 Å². The van der Waals surface area contributed by atoms with Crippen LogP contribution in [-0.4, -0.2) is 42.2 Å². The Morgan fingerprint density at radius 3 is 3.00 bits per heavy atom. The van der Waals surface area contributed by atoms with Gasteiger partial charge in [-0.05, 0) is 25.5 Å². The molecule has 110 valence electrons. The fourth-order valence-electron chi connectivity index (χ4n) is 2.46. The lowest BCUT2D eigenvalue weighted by Crippen LogP contribution is -2.40. The summed E-state index contributed by atoms with van der Waals surface area (Å²) in [7, 11) is 0. The van der Waals surface area contributed by atoms with Crippen LogP contribution in [0.3, 0.4) is 0 Å². The molecule has 0 bridgehead atoms. The summed E-state index contributed by atoms with van der Waals surface area (Å²) >= 11 is 0. The highest BCUT2D eigenvalue weighted by Gasteiger charge is 2.19. The Morgan fingerprint density at radius 2 is 2.35 bits per heavy atom. The second kappa shape index (κ2) is 6.67. The maximum atomic E-state index is 10.9. The van der Waals surface area contributed by atoms with Crippen LogP contribution in [-0.2, 0) is 11.3 Å².